The molecule has 0 radical (unpaired) electrons. The smallest absolute Gasteiger partial charge is 0.244 e. The number of nitrogens with one attached hydrogen (secondary N) is 2. The minimum Gasteiger partial charge on any atom is -0.399 e. The van der Waals surface area contributed by atoms with Gasteiger partial charge in [0.2, 0.25) is 15.9 Å². The first-order valence-electron chi connectivity index (χ1n) is 8.59. The van der Waals surface area contributed by atoms with Crippen LogP contribution in [0, 0.1) is 11.7 Å². The molecule has 0 fully saturated rings. The summed E-state index contributed by atoms with van der Waals surface area (Å²) in [5, 5.41) is 2.72. The Balaban J connectivity index is 0.00000392. The third-order valence-electron chi connectivity index (χ3n) is 4.05. The topological polar surface area (TPSA) is 101 Å². The Bertz CT molecular complexity index is 890. The second kappa shape index (κ2) is 10.4. The van der Waals surface area contributed by atoms with Gasteiger partial charge in [0.25, 0.3) is 0 Å². The van der Waals surface area contributed by atoms with Gasteiger partial charge in [0, 0.05) is 12.2 Å². The van der Waals surface area contributed by atoms with Crippen molar-refractivity contribution in [2.24, 2.45) is 5.92 Å². The van der Waals surface area contributed by atoms with Crippen LogP contribution in [-0.4, -0.2) is 26.9 Å². The molecule has 0 spiro atoms. The number of hydrogen-bond acceptors (Lipinski definition) is 4. The van der Waals surface area contributed by atoms with Crippen LogP contribution < -0.4 is 15.8 Å². The lowest BCUT2D eigenvalue weighted by molar-refractivity contribution is -0.123. The van der Waals surface area contributed by atoms with Crippen molar-refractivity contribution in [2.45, 2.75) is 31.2 Å². The number of rotatable bonds is 8. The standard InChI is InChI=1S/C19H24FN3O3S.ClH/c1-13(2)18(23-27(25,26)17-6-4-3-5-16(17)20)19(24)22-12-11-14-7-9-15(21)10-8-14;/h3-10,13,18,23H,11-12,21H2,1-2H3,(H,22,24);1H. The van der Waals surface area contributed by atoms with Gasteiger partial charge in [-0.15, -0.1) is 12.4 Å². The highest BCUT2D eigenvalue weighted by Crippen LogP contribution is 2.15. The summed E-state index contributed by atoms with van der Waals surface area (Å²) >= 11 is 0. The third kappa shape index (κ3) is 6.47. The first-order valence-corrected chi connectivity index (χ1v) is 10.1. The van der Waals surface area contributed by atoms with Gasteiger partial charge in [0.15, 0.2) is 0 Å². The number of sulfonamides is 1. The number of hydrogen-bond donors (Lipinski definition) is 3. The van der Waals surface area contributed by atoms with Crippen molar-refractivity contribution >= 4 is 34.0 Å². The van der Waals surface area contributed by atoms with Crippen molar-refractivity contribution in [3.05, 3.63) is 59.9 Å². The molecule has 9 heteroatoms. The van der Waals surface area contributed by atoms with Crippen molar-refractivity contribution in [1.82, 2.24) is 10.0 Å². The number of amides is 1. The van der Waals surface area contributed by atoms with E-state index in [0.29, 0.717) is 18.7 Å². The van der Waals surface area contributed by atoms with E-state index in [1.807, 2.05) is 12.1 Å². The maximum absolute atomic E-state index is 13.8. The minimum atomic E-state index is -4.16. The molecule has 2 aromatic rings. The van der Waals surface area contributed by atoms with E-state index in [4.69, 9.17) is 5.73 Å². The van der Waals surface area contributed by atoms with Gasteiger partial charge in [-0.25, -0.2) is 12.8 Å². The maximum Gasteiger partial charge on any atom is 0.244 e. The van der Waals surface area contributed by atoms with Crippen molar-refractivity contribution in [3.63, 3.8) is 0 Å². The van der Waals surface area contributed by atoms with Crippen molar-refractivity contribution in [2.75, 3.05) is 12.3 Å². The van der Waals surface area contributed by atoms with E-state index in [9.17, 15) is 17.6 Å². The second-order valence-corrected chi connectivity index (χ2v) is 8.24. The Kier molecular flexibility index (Phi) is 8.87. The number of halogens is 2. The molecule has 0 aliphatic carbocycles. The van der Waals surface area contributed by atoms with E-state index < -0.39 is 32.7 Å². The number of anilines is 1. The Morgan fingerprint density at radius 2 is 1.71 bits per heavy atom. The zero-order chi connectivity index (χ0) is 20.0. The zero-order valence-corrected chi connectivity index (χ0v) is 17.3. The van der Waals surface area contributed by atoms with Gasteiger partial charge in [-0.05, 0) is 42.2 Å². The molecule has 0 saturated heterocycles. The molecule has 0 saturated carbocycles. The number of carbonyl (C=O) groups excluding carboxylic acids is 1. The molecule has 6 nitrogen and oxygen atoms in total. The van der Waals surface area contributed by atoms with E-state index >= 15 is 0 Å². The summed E-state index contributed by atoms with van der Waals surface area (Å²) in [6.45, 7) is 3.77. The molecule has 28 heavy (non-hydrogen) atoms. The van der Waals surface area contributed by atoms with Gasteiger partial charge in [0.1, 0.15) is 16.8 Å². The molecule has 1 amide bonds. The highest BCUT2D eigenvalue weighted by Gasteiger charge is 2.29. The second-order valence-electron chi connectivity index (χ2n) is 6.56. The largest absolute Gasteiger partial charge is 0.399 e. The molecular weight excluding hydrogens is 405 g/mol. The van der Waals surface area contributed by atoms with E-state index in [1.165, 1.54) is 12.1 Å². The lowest BCUT2D eigenvalue weighted by Crippen LogP contribution is -2.50. The highest BCUT2D eigenvalue weighted by molar-refractivity contribution is 7.89. The van der Waals surface area contributed by atoms with Crippen LogP contribution in [0.15, 0.2) is 53.4 Å². The number of nitrogen functional groups attached to an aromatic ring is 1. The predicted octanol–water partition coefficient (Wildman–Crippen LogP) is 2.49. The van der Waals surface area contributed by atoms with Crippen LogP contribution >= 0.6 is 12.4 Å². The molecule has 4 N–H and O–H groups in total. The van der Waals surface area contributed by atoms with Crippen molar-refractivity contribution in [3.8, 4) is 0 Å². The van der Waals surface area contributed by atoms with Crippen LogP contribution in [0.3, 0.4) is 0 Å². The van der Waals surface area contributed by atoms with Gasteiger partial charge in [-0.3, -0.25) is 4.79 Å². The van der Waals surface area contributed by atoms with Gasteiger partial charge in [-0.2, -0.15) is 4.72 Å². The fourth-order valence-corrected chi connectivity index (χ4v) is 3.93. The van der Waals surface area contributed by atoms with E-state index in [2.05, 4.69) is 10.0 Å². The maximum atomic E-state index is 13.8. The summed E-state index contributed by atoms with van der Waals surface area (Å²) in [6, 6.07) is 11.3. The average Bonchev–Trinajstić information content (AvgIpc) is 2.61. The third-order valence-corrected chi connectivity index (χ3v) is 5.52. The summed E-state index contributed by atoms with van der Waals surface area (Å²) in [4.78, 5) is 12.0. The number of carbonyl (C=O) groups is 1. The lowest BCUT2D eigenvalue weighted by Gasteiger charge is -2.21. The summed E-state index contributed by atoms with van der Waals surface area (Å²) in [5.74, 6) is -1.64. The first-order chi connectivity index (χ1) is 12.7. The molecule has 0 aromatic heterocycles. The molecule has 2 rings (SSSR count). The van der Waals surface area contributed by atoms with Crippen LogP contribution in [0.25, 0.3) is 0 Å². The monoisotopic (exact) mass is 429 g/mol. The van der Waals surface area contributed by atoms with Crippen LogP contribution in [0.1, 0.15) is 19.4 Å². The SMILES string of the molecule is CC(C)C(NS(=O)(=O)c1ccccc1F)C(=O)NCCc1ccc(N)cc1.Cl. The molecule has 2 aromatic carbocycles. The van der Waals surface area contributed by atoms with Gasteiger partial charge < -0.3 is 11.1 Å². The van der Waals surface area contributed by atoms with E-state index in [1.54, 1.807) is 26.0 Å². The minimum absolute atomic E-state index is 0. The van der Waals surface area contributed by atoms with Gasteiger partial charge in [0.05, 0.1) is 0 Å². The van der Waals surface area contributed by atoms with E-state index in [-0.39, 0.29) is 18.3 Å². The molecule has 0 heterocycles. The van der Waals surface area contributed by atoms with E-state index in [0.717, 1.165) is 17.7 Å². The summed E-state index contributed by atoms with van der Waals surface area (Å²) in [5.41, 5.74) is 7.29. The summed E-state index contributed by atoms with van der Waals surface area (Å²) in [7, 11) is -4.16. The molecule has 1 unspecified atom stereocenters. The normalized spacial score (nSPS) is 12.3. The van der Waals surface area contributed by atoms with Crippen LogP contribution in [0.2, 0.25) is 0 Å². The van der Waals surface area contributed by atoms with Gasteiger partial charge in [-0.1, -0.05) is 38.1 Å². The molecule has 154 valence electrons. The number of benzene rings is 2. The number of nitrogens with two attached hydrogens (primary N) is 1. The molecular formula is C19H25ClFN3O3S. The Hall–Kier alpha value is -2.16. The molecule has 0 aliphatic heterocycles. The zero-order valence-electron chi connectivity index (χ0n) is 15.7. The van der Waals surface area contributed by atoms with Crippen molar-refractivity contribution < 1.29 is 17.6 Å². The Morgan fingerprint density at radius 3 is 2.29 bits per heavy atom. The first kappa shape index (κ1) is 23.9. The quantitative estimate of drug-likeness (QED) is 0.561. The Labute approximate surface area is 171 Å². The van der Waals surface area contributed by atoms with Crippen LogP contribution in [-0.2, 0) is 21.2 Å². The lowest BCUT2D eigenvalue weighted by atomic mass is 10.0. The summed E-state index contributed by atoms with van der Waals surface area (Å²) < 4.78 is 41.1. The predicted molar refractivity (Wildman–Crippen MR) is 110 cm³/mol. The summed E-state index contributed by atoms with van der Waals surface area (Å²) in [6.07, 6.45) is 0.580. The molecule has 1 atom stereocenters. The van der Waals surface area contributed by atoms with Gasteiger partial charge >= 0.3 is 0 Å². The molecule has 0 bridgehead atoms. The van der Waals surface area contributed by atoms with Crippen LogP contribution in [0.5, 0.6) is 0 Å². The van der Waals surface area contributed by atoms with Crippen LogP contribution in [0.4, 0.5) is 10.1 Å². The fraction of sp³-hybridized carbons (Fsp3) is 0.316. The Morgan fingerprint density at radius 1 is 1.11 bits per heavy atom. The fourth-order valence-electron chi connectivity index (χ4n) is 2.51. The average molecular weight is 430 g/mol. The molecule has 0 aliphatic rings. The highest BCUT2D eigenvalue weighted by atomic mass is 35.5. The van der Waals surface area contributed by atoms with Crippen molar-refractivity contribution in [1.29, 1.82) is 0 Å².